The Morgan fingerprint density at radius 1 is 0.571 bits per heavy atom. The highest BCUT2D eigenvalue weighted by Crippen LogP contribution is 2.38. The average Bonchev–Trinajstić information content (AvgIpc) is 3.23. The number of likely N-dealkylation sites (N-methyl/N-ethyl adjacent to an activating group) is 1. The summed E-state index contributed by atoms with van der Waals surface area (Å²) in [6.45, 7) is 6.69. The molecule has 0 heterocycles. The Morgan fingerprint density at radius 3 is 1.52 bits per heavy atom. The summed E-state index contributed by atoms with van der Waals surface area (Å²) in [5.74, 6) is -0.567. The first-order valence-corrected chi connectivity index (χ1v) is 27.4. The van der Waals surface area contributed by atoms with Crippen LogP contribution in [0.25, 0.3) is 0 Å². The van der Waals surface area contributed by atoms with Gasteiger partial charge in [-0.1, -0.05) is 198 Å². The van der Waals surface area contributed by atoms with Gasteiger partial charge < -0.3 is 28.5 Å². The number of ether oxygens (including phenoxy) is 1. The topological polar surface area (TPSA) is 114 Å². The van der Waals surface area contributed by atoms with E-state index in [1.54, 1.807) is 0 Å². The van der Waals surface area contributed by atoms with E-state index in [0.717, 1.165) is 83.5 Å². The van der Waals surface area contributed by atoms with E-state index in [0.29, 0.717) is 23.9 Å². The molecule has 0 aliphatic carbocycles. The van der Waals surface area contributed by atoms with Gasteiger partial charge in [0.2, 0.25) is 5.91 Å². The predicted molar refractivity (Wildman–Crippen MR) is 266 cm³/mol. The van der Waals surface area contributed by atoms with Gasteiger partial charge in [0.1, 0.15) is 19.3 Å². The van der Waals surface area contributed by atoms with Gasteiger partial charge in [-0.2, -0.15) is 0 Å². The average molecular weight is 907 g/mol. The van der Waals surface area contributed by atoms with Crippen molar-refractivity contribution in [3.8, 4) is 0 Å². The summed E-state index contributed by atoms with van der Waals surface area (Å²) in [6, 6.07) is -0.895. The van der Waals surface area contributed by atoms with Crippen LogP contribution >= 0.6 is 7.82 Å². The predicted octanol–water partition coefficient (Wildman–Crippen LogP) is 14.4. The van der Waals surface area contributed by atoms with Crippen molar-refractivity contribution in [2.75, 3.05) is 40.9 Å². The number of unbranched alkanes of at least 4 members (excludes halogenated alkanes) is 24. The highest BCUT2D eigenvalue weighted by molar-refractivity contribution is 7.45. The second-order valence-corrected chi connectivity index (χ2v) is 20.1. The van der Waals surface area contributed by atoms with Crippen LogP contribution in [0, 0.1) is 0 Å². The van der Waals surface area contributed by atoms with Crippen LogP contribution in [0.1, 0.15) is 226 Å². The van der Waals surface area contributed by atoms with E-state index in [4.69, 9.17) is 13.8 Å². The van der Waals surface area contributed by atoms with E-state index in [1.807, 2.05) is 33.3 Å². The van der Waals surface area contributed by atoms with Gasteiger partial charge in [0, 0.05) is 12.8 Å². The third kappa shape index (κ3) is 44.9. The van der Waals surface area contributed by atoms with Crippen LogP contribution in [-0.4, -0.2) is 69.4 Å². The first-order chi connectivity index (χ1) is 30.4. The van der Waals surface area contributed by atoms with E-state index in [-0.39, 0.29) is 24.9 Å². The third-order valence-corrected chi connectivity index (χ3v) is 12.2. The molecule has 3 unspecified atom stereocenters. The minimum atomic E-state index is -4.69. The lowest BCUT2D eigenvalue weighted by molar-refractivity contribution is -0.870. The van der Waals surface area contributed by atoms with E-state index < -0.39 is 26.6 Å². The molecule has 0 saturated carbocycles. The molecular weight excluding hydrogens is 808 g/mol. The van der Waals surface area contributed by atoms with Gasteiger partial charge in [-0.15, -0.1) is 0 Å². The minimum Gasteiger partial charge on any atom is -0.756 e. The molecule has 0 radical (unpaired) electrons. The number of esters is 1. The maximum atomic E-state index is 13.4. The number of rotatable bonds is 46. The molecule has 0 aliphatic rings. The number of quaternary nitrogens is 1. The van der Waals surface area contributed by atoms with Crippen molar-refractivity contribution in [1.82, 2.24) is 5.32 Å². The fraction of sp³-hybridized carbons (Fsp3) is 0.811. The summed E-state index contributed by atoms with van der Waals surface area (Å²) >= 11 is 0. The van der Waals surface area contributed by atoms with Gasteiger partial charge in [0.05, 0.1) is 33.8 Å². The smallest absolute Gasteiger partial charge is 0.306 e. The van der Waals surface area contributed by atoms with Crippen molar-refractivity contribution in [3.05, 3.63) is 48.6 Å². The van der Waals surface area contributed by atoms with Crippen LogP contribution in [0.5, 0.6) is 0 Å². The summed E-state index contributed by atoms with van der Waals surface area (Å²) in [6.07, 6.45) is 50.7. The molecule has 9 nitrogen and oxygen atoms in total. The molecule has 63 heavy (non-hydrogen) atoms. The van der Waals surface area contributed by atoms with Crippen LogP contribution < -0.4 is 10.2 Å². The van der Waals surface area contributed by atoms with Crippen LogP contribution in [0.3, 0.4) is 0 Å². The van der Waals surface area contributed by atoms with Gasteiger partial charge in [-0.3, -0.25) is 14.2 Å². The molecule has 0 rings (SSSR count). The number of amides is 1. The molecule has 0 aromatic rings. The van der Waals surface area contributed by atoms with Gasteiger partial charge in [0.25, 0.3) is 7.82 Å². The maximum Gasteiger partial charge on any atom is 0.306 e. The SMILES string of the molecule is CC/C=C/C/C=C/C/C=C/CCCCCCC(=O)NC(COP(=O)([O-])OCC[N+](C)(C)C)C(/C=C/CCCCCCCCCCCC)OC(=O)CCCCCCCCCCCCC. The van der Waals surface area contributed by atoms with Crippen LogP contribution in [0.4, 0.5) is 0 Å². The molecule has 1 N–H and O–H groups in total. The Bertz CT molecular complexity index is 1230. The first kappa shape index (κ1) is 61.0. The maximum absolute atomic E-state index is 13.4. The lowest BCUT2D eigenvalue weighted by Crippen LogP contribution is -2.47. The Kier molecular flexibility index (Phi) is 42.4. The number of phosphoric ester groups is 1. The Hall–Kier alpha value is -2.03. The highest BCUT2D eigenvalue weighted by atomic mass is 31.2. The van der Waals surface area contributed by atoms with Crippen molar-refractivity contribution >= 4 is 19.7 Å². The summed E-state index contributed by atoms with van der Waals surface area (Å²) < 4.78 is 30.1. The van der Waals surface area contributed by atoms with Crippen molar-refractivity contribution in [2.24, 2.45) is 0 Å². The molecule has 0 fully saturated rings. The molecular formula is C53H99N2O7P. The number of carbonyl (C=O) groups is 2. The first-order valence-electron chi connectivity index (χ1n) is 25.9. The number of nitrogens with one attached hydrogen (secondary N) is 1. The van der Waals surface area contributed by atoms with Gasteiger partial charge in [-0.05, 0) is 63.9 Å². The number of hydrogen-bond acceptors (Lipinski definition) is 7. The van der Waals surface area contributed by atoms with Crippen molar-refractivity contribution in [1.29, 1.82) is 0 Å². The monoisotopic (exact) mass is 907 g/mol. The van der Waals surface area contributed by atoms with Gasteiger partial charge in [0.15, 0.2) is 0 Å². The van der Waals surface area contributed by atoms with Crippen LogP contribution in [-0.2, 0) is 27.9 Å². The molecule has 1 amide bonds. The summed E-state index contributed by atoms with van der Waals surface area (Å²) in [4.78, 5) is 39.6. The quantitative estimate of drug-likeness (QED) is 0.0213. The molecule has 368 valence electrons. The number of hydrogen-bond donors (Lipinski definition) is 1. The summed E-state index contributed by atoms with van der Waals surface area (Å²) in [7, 11) is 1.17. The van der Waals surface area contributed by atoms with Gasteiger partial charge in [-0.25, -0.2) is 0 Å². The number of nitrogens with zero attached hydrogens (tertiary/aromatic N) is 1. The standard InChI is InChI=1S/C53H99N2O7P/c1-7-10-13-16-19-22-25-27-28-31-33-36-39-42-45-52(56)54-50(49-61-63(58,59)60-48-47-55(4,5)6)51(44-41-38-35-32-30-26-23-20-17-14-11-8-2)62-53(57)46-43-40-37-34-29-24-21-18-15-12-9-3/h10,13,19,22,27-28,41,44,50-51H,7-9,11-12,14-18,20-21,23-26,29-40,42-43,45-49H2,1-6H3,(H-,54,56,58,59)/b13-10+,22-19+,28-27+,44-41+. The van der Waals surface area contributed by atoms with E-state index in [9.17, 15) is 19.0 Å². The largest absolute Gasteiger partial charge is 0.756 e. The van der Waals surface area contributed by atoms with E-state index in [1.165, 1.54) is 103 Å². The second kappa shape index (κ2) is 43.8. The number of allylic oxidation sites excluding steroid dienone is 7. The summed E-state index contributed by atoms with van der Waals surface area (Å²) in [5, 5.41) is 2.99. The lowest BCUT2D eigenvalue weighted by Gasteiger charge is -2.30. The highest BCUT2D eigenvalue weighted by Gasteiger charge is 2.27. The number of carbonyl (C=O) groups excluding carboxylic acids is 2. The second-order valence-electron chi connectivity index (χ2n) is 18.6. The molecule has 0 aromatic carbocycles. The fourth-order valence-corrected chi connectivity index (χ4v) is 7.96. The molecule has 0 spiro atoms. The van der Waals surface area contributed by atoms with Gasteiger partial charge >= 0.3 is 5.97 Å². The molecule has 0 aliphatic heterocycles. The Labute approximate surface area is 388 Å². The lowest BCUT2D eigenvalue weighted by atomic mass is 10.0. The summed E-state index contributed by atoms with van der Waals surface area (Å²) in [5.41, 5.74) is 0. The van der Waals surface area contributed by atoms with Crippen LogP contribution in [0.15, 0.2) is 48.6 Å². The normalized spacial score (nSPS) is 14.3. The van der Waals surface area contributed by atoms with Crippen LogP contribution in [0.2, 0.25) is 0 Å². The fourth-order valence-electron chi connectivity index (χ4n) is 7.24. The van der Waals surface area contributed by atoms with Crippen molar-refractivity contribution < 1.29 is 37.3 Å². The molecule has 0 saturated heterocycles. The molecule has 0 bridgehead atoms. The van der Waals surface area contributed by atoms with Crippen molar-refractivity contribution in [3.63, 3.8) is 0 Å². The number of phosphoric acid groups is 1. The Morgan fingerprint density at radius 2 is 1.02 bits per heavy atom. The zero-order valence-electron chi connectivity index (χ0n) is 41.8. The van der Waals surface area contributed by atoms with E-state index in [2.05, 4.69) is 62.5 Å². The van der Waals surface area contributed by atoms with Crippen molar-refractivity contribution in [2.45, 2.75) is 238 Å². The molecule has 10 heteroatoms. The van der Waals surface area contributed by atoms with E-state index >= 15 is 0 Å². The zero-order valence-corrected chi connectivity index (χ0v) is 42.7. The minimum absolute atomic E-state index is 0.0266. The zero-order chi connectivity index (χ0) is 46.5. The third-order valence-electron chi connectivity index (χ3n) is 11.3. The molecule has 0 aromatic heterocycles. The Balaban J connectivity index is 5.47. The molecule has 3 atom stereocenters.